The molecule has 0 saturated carbocycles. The number of nitrogens with one attached hydrogen (secondary N) is 4. The zero-order valence-electron chi connectivity index (χ0n) is 13.1. The van der Waals surface area contributed by atoms with Gasteiger partial charge in [0.25, 0.3) is 0 Å². The maximum absolute atomic E-state index is 11.7. The van der Waals surface area contributed by atoms with E-state index in [0.29, 0.717) is 12.1 Å². The molecule has 22 heavy (non-hydrogen) atoms. The molecule has 7 nitrogen and oxygen atoms in total. The van der Waals surface area contributed by atoms with Gasteiger partial charge >= 0.3 is 6.03 Å². The Morgan fingerprint density at radius 1 is 1.09 bits per heavy atom. The smallest absolute Gasteiger partial charge is 0.321 e. The molecule has 4 N–H and O–H groups in total. The second kappa shape index (κ2) is 8.66. The average molecular weight is 306 g/mol. The van der Waals surface area contributed by atoms with E-state index in [1.807, 2.05) is 13.8 Å². The first kappa shape index (κ1) is 17.5. The van der Waals surface area contributed by atoms with Crippen LogP contribution in [-0.2, 0) is 9.59 Å². The summed E-state index contributed by atoms with van der Waals surface area (Å²) >= 11 is 0. The second-order valence-electron chi connectivity index (χ2n) is 4.76. The van der Waals surface area contributed by atoms with E-state index < -0.39 is 11.9 Å². The van der Waals surface area contributed by atoms with Crippen LogP contribution in [0.4, 0.5) is 16.2 Å². The highest BCUT2D eigenvalue weighted by atomic mass is 16.2. The van der Waals surface area contributed by atoms with Crippen LogP contribution in [0.15, 0.2) is 18.2 Å². The molecule has 0 unspecified atom stereocenters. The molecule has 0 aliphatic rings. The van der Waals surface area contributed by atoms with Gasteiger partial charge in [-0.25, -0.2) is 4.79 Å². The van der Waals surface area contributed by atoms with Crippen molar-refractivity contribution in [2.24, 2.45) is 0 Å². The number of hydrogen-bond donors (Lipinski definition) is 4. The Morgan fingerprint density at radius 2 is 1.77 bits per heavy atom. The van der Waals surface area contributed by atoms with E-state index in [1.165, 1.54) is 7.05 Å². The molecule has 120 valence electrons. The minimum absolute atomic E-state index is 0.0411. The van der Waals surface area contributed by atoms with Gasteiger partial charge in [-0.05, 0) is 31.0 Å². The number of amides is 4. The lowest BCUT2D eigenvalue weighted by Crippen LogP contribution is -2.40. The van der Waals surface area contributed by atoms with Crippen LogP contribution >= 0.6 is 0 Å². The Kier molecular flexibility index (Phi) is 6.88. The SMILES string of the molecule is CCCC(=O)Nc1cccc(NCC(=O)NC(=O)NC)c1C. The molecule has 0 saturated heterocycles. The third-order valence-electron chi connectivity index (χ3n) is 3.00. The van der Waals surface area contributed by atoms with Crippen molar-refractivity contribution < 1.29 is 14.4 Å². The highest BCUT2D eigenvalue weighted by molar-refractivity contribution is 5.96. The zero-order chi connectivity index (χ0) is 16.5. The summed E-state index contributed by atoms with van der Waals surface area (Å²) in [5.41, 5.74) is 2.26. The quantitative estimate of drug-likeness (QED) is 0.641. The van der Waals surface area contributed by atoms with E-state index >= 15 is 0 Å². The monoisotopic (exact) mass is 306 g/mol. The van der Waals surface area contributed by atoms with Crippen LogP contribution < -0.4 is 21.3 Å². The minimum atomic E-state index is -0.552. The molecule has 0 spiro atoms. The van der Waals surface area contributed by atoms with Crippen molar-refractivity contribution in [1.29, 1.82) is 0 Å². The lowest BCUT2D eigenvalue weighted by atomic mass is 10.1. The average Bonchev–Trinajstić information content (AvgIpc) is 2.48. The number of carbonyl (C=O) groups excluding carboxylic acids is 3. The van der Waals surface area contributed by atoms with Crippen molar-refractivity contribution in [2.45, 2.75) is 26.7 Å². The van der Waals surface area contributed by atoms with Gasteiger partial charge in [-0.2, -0.15) is 0 Å². The van der Waals surface area contributed by atoms with Crippen LogP contribution in [0.2, 0.25) is 0 Å². The predicted octanol–water partition coefficient (Wildman–Crippen LogP) is 1.60. The summed E-state index contributed by atoms with van der Waals surface area (Å²) in [6.45, 7) is 3.75. The molecule has 0 fully saturated rings. The van der Waals surface area contributed by atoms with Crippen molar-refractivity contribution in [3.8, 4) is 0 Å². The highest BCUT2D eigenvalue weighted by Gasteiger charge is 2.09. The predicted molar refractivity (Wildman–Crippen MR) is 85.8 cm³/mol. The van der Waals surface area contributed by atoms with Gasteiger partial charge in [0.1, 0.15) is 0 Å². The second-order valence-corrected chi connectivity index (χ2v) is 4.76. The van der Waals surface area contributed by atoms with Crippen LogP contribution in [-0.4, -0.2) is 31.4 Å². The Labute approximate surface area is 129 Å². The van der Waals surface area contributed by atoms with Gasteiger partial charge in [0.15, 0.2) is 0 Å². The van der Waals surface area contributed by atoms with E-state index in [9.17, 15) is 14.4 Å². The fourth-order valence-electron chi connectivity index (χ4n) is 1.81. The Hall–Kier alpha value is -2.57. The van der Waals surface area contributed by atoms with Gasteiger partial charge in [-0.1, -0.05) is 13.0 Å². The maximum Gasteiger partial charge on any atom is 0.321 e. The minimum Gasteiger partial charge on any atom is -0.376 e. The topological polar surface area (TPSA) is 99.3 Å². The van der Waals surface area contributed by atoms with Gasteiger partial charge in [0.05, 0.1) is 6.54 Å². The summed E-state index contributed by atoms with van der Waals surface area (Å²) in [7, 11) is 1.43. The van der Waals surface area contributed by atoms with Crippen LogP contribution in [0.25, 0.3) is 0 Å². The van der Waals surface area contributed by atoms with Gasteiger partial charge in [0.2, 0.25) is 11.8 Å². The van der Waals surface area contributed by atoms with Crippen molar-refractivity contribution >= 4 is 29.2 Å². The Morgan fingerprint density at radius 3 is 2.41 bits per heavy atom. The molecule has 1 aromatic rings. The maximum atomic E-state index is 11.7. The van der Waals surface area contributed by atoms with E-state index in [4.69, 9.17) is 0 Å². The molecular weight excluding hydrogens is 284 g/mol. The number of carbonyl (C=O) groups is 3. The summed E-state index contributed by atoms with van der Waals surface area (Å²) in [5.74, 6) is -0.487. The Bertz CT molecular complexity index is 558. The molecular formula is C15H22N4O3. The third-order valence-corrected chi connectivity index (χ3v) is 3.00. The first-order valence-corrected chi connectivity index (χ1v) is 7.12. The number of imide groups is 1. The number of benzene rings is 1. The molecule has 0 aromatic heterocycles. The summed E-state index contributed by atoms with van der Waals surface area (Å²) < 4.78 is 0. The molecule has 0 bridgehead atoms. The number of urea groups is 1. The van der Waals surface area contributed by atoms with Crippen LogP contribution in [0.1, 0.15) is 25.3 Å². The van der Waals surface area contributed by atoms with Gasteiger partial charge in [-0.15, -0.1) is 0 Å². The van der Waals surface area contributed by atoms with Crippen molar-refractivity contribution in [2.75, 3.05) is 24.2 Å². The molecule has 4 amide bonds. The highest BCUT2D eigenvalue weighted by Crippen LogP contribution is 2.23. The van der Waals surface area contributed by atoms with Crippen molar-refractivity contribution in [3.63, 3.8) is 0 Å². The Balaban J connectivity index is 2.66. The molecule has 0 radical (unpaired) electrons. The summed E-state index contributed by atoms with van der Waals surface area (Å²) in [4.78, 5) is 34.2. The molecule has 1 rings (SSSR count). The standard InChI is InChI=1S/C15H22N4O3/c1-4-6-13(20)18-12-8-5-7-11(10(12)2)17-9-14(21)19-15(22)16-3/h5,7-8,17H,4,6,9H2,1-3H3,(H,18,20)(H2,16,19,21,22). The van der Waals surface area contributed by atoms with Crippen LogP contribution in [0.3, 0.4) is 0 Å². The van der Waals surface area contributed by atoms with Gasteiger partial charge in [-0.3, -0.25) is 14.9 Å². The van der Waals surface area contributed by atoms with E-state index in [-0.39, 0.29) is 12.5 Å². The normalized spacial score (nSPS) is 9.77. The zero-order valence-corrected chi connectivity index (χ0v) is 13.1. The van der Waals surface area contributed by atoms with Crippen LogP contribution in [0.5, 0.6) is 0 Å². The largest absolute Gasteiger partial charge is 0.376 e. The van der Waals surface area contributed by atoms with Crippen molar-refractivity contribution in [3.05, 3.63) is 23.8 Å². The molecule has 0 aliphatic heterocycles. The number of rotatable bonds is 6. The molecule has 0 heterocycles. The molecule has 0 atom stereocenters. The molecule has 7 heteroatoms. The lowest BCUT2D eigenvalue weighted by Gasteiger charge is -2.14. The van der Waals surface area contributed by atoms with Gasteiger partial charge in [0, 0.05) is 24.8 Å². The molecule has 1 aromatic carbocycles. The van der Waals surface area contributed by atoms with E-state index in [1.54, 1.807) is 18.2 Å². The number of anilines is 2. The summed E-state index contributed by atoms with van der Waals surface area (Å²) in [6, 6.07) is 4.84. The van der Waals surface area contributed by atoms with Crippen LogP contribution in [0, 0.1) is 6.92 Å². The van der Waals surface area contributed by atoms with E-state index in [0.717, 1.165) is 17.7 Å². The first-order chi connectivity index (χ1) is 10.5. The first-order valence-electron chi connectivity index (χ1n) is 7.12. The summed E-state index contributed by atoms with van der Waals surface area (Å²) in [6.07, 6.45) is 1.24. The third kappa shape index (κ3) is 5.43. The lowest BCUT2D eigenvalue weighted by molar-refractivity contribution is -0.118. The van der Waals surface area contributed by atoms with Crippen molar-refractivity contribution in [1.82, 2.24) is 10.6 Å². The van der Waals surface area contributed by atoms with Gasteiger partial charge < -0.3 is 16.0 Å². The van der Waals surface area contributed by atoms with E-state index in [2.05, 4.69) is 21.3 Å². The fraction of sp³-hybridized carbons (Fsp3) is 0.400. The molecule has 0 aliphatic carbocycles. The summed E-state index contributed by atoms with van der Waals surface area (Å²) in [5, 5.41) is 10.2. The number of hydrogen-bond acceptors (Lipinski definition) is 4. The fourth-order valence-corrected chi connectivity index (χ4v) is 1.81.